The maximum absolute atomic E-state index is 12.3. The van der Waals surface area contributed by atoms with E-state index in [1.165, 1.54) is 0 Å². The molecule has 5 heterocycles. The van der Waals surface area contributed by atoms with Crippen LogP contribution in [0.2, 0.25) is 0 Å². The van der Waals surface area contributed by atoms with Gasteiger partial charge in [0, 0.05) is 6.92 Å². The Morgan fingerprint density at radius 1 is 0.407 bits per heavy atom. The van der Waals surface area contributed by atoms with E-state index in [0.717, 1.165) is 6.92 Å². The Morgan fingerprint density at radius 2 is 0.729 bits per heavy atom. The first-order valence-corrected chi connectivity index (χ1v) is 18.6. The number of carbonyl (C=O) groups is 1. The Morgan fingerprint density at radius 3 is 1.14 bits per heavy atom. The lowest BCUT2D eigenvalue weighted by atomic mass is 9.94. The second-order valence-electron chi connectivity index (χ2n) is 14.7. The molecule has 0 aromatic carbocycles. The summed E-state index contributed by atoms with van der Waals surface area (Å²) < 4.78 is 50.0. The summed E-state index contributed by atoms with van der Waals surface area (Å²) in [7, 11) is 0. The molecule has 0 unspecified atom stereocenters. The lowest BCUT2D eigenvalue weighted by Crippen LogP contribution is -2.70. The lowest BCUT2D eigenvalue weighted by molar-refractivity contribution is -0.385. The Hall–Kier alpha value is -1.53. The van der Waals surface area contributed by atoms with Gasteiger partial charge in [-0.15, -0.1) is 0 Å². The summed E-state index contributed by atoms with van der Waals surface area (Å²) in [6, 6.07) is -1.67. The Balaban J connectivity index is 1.29. The summed E-state index contributed by atoms with van der Waals surface area (Å²) in [5, 5.41) is 169. The molecule has 25 atom stereocenters. The van der Waals surface area contributed by atoms with E-state index in [0.29, 0.717) is 0 Å². The van der Waals surface area contributed by atoms with Gasteiger partial charge in [-0.25, -0.2) is 0 Å². The third-order valence-electron chi connectivity index (χ3n) is 10.7. The number of hydrogen-bond acceptors (Lipinski definition) is 26. The molecular formula is C32H55NO26. The molecule has 0 radical (unpaired) electrons. The minimum absolute atomic E-state index is 0.794. The second-order valence-corrected chi connectivity index (χ2v) is 14.7. The molecule has 0 aromatic heterocycles. The van der Waals surface area contributed by atoms with Crippen molar-refractivity contribution < 1.29 is 129 Å². The van der Waals surface area contributed by atoms with Gasteiger partial charge in [-0.1, -0.05) is 0 Å². The molecular weight excluding hydrogens is 814 g/mol. The quantitative estimate of drug-likeness (QED) is 0.0770. The van der Waals surface area contributed by atoms with E-state index in [1.54, 1.807) is 0 Å². The van der Waals surface area contributed by atoms with Crippen LogP contribution >= 0.6 is 0 Å². The van der Waals surface area contributed by atoms with Gasteiger partial charge < -0.3 is 130 Å². The molecule has 0 bridgehead atoms. The molecule has 5 rings (SSSR count). The molecule has 5 aliphatic rings. The van der Waals surface area contributed by atoms with Crippen molar-refractivity contribution in [3.63, 3.8) is 0 Å². The summed E-state index contributed by atoms with van der Waals surface area (Å²) in [6.45, 7) is -3.50. The van der Waals surface area contributed by atoms with E-state index in [2.05, 4.69) is 5.32 Å². The first kappa shape index (κ1) is 48.5. The van der Waals surface area contributed by atoms with Gasteiger partial charge in [0.2, 0.25) is 5.91 Å². The highest BCUT2D eigenvalue weighted by molar-refractivity contribution is 5.73. The van der Waals surface area contributed by atoms with Crippen molar-refractivity contribution >= 4 is 5.91 Å². The maximum Gasteiger partial charge on any atom is 0.217 e. The highest BCUT2D eigenvalue weighted by Gasteiger charge is 2.56. The Bertz CT molecular complexity index is 1320. The van der Waals surface area contributed by atoms with E-state index in [-0.39, 0.29) is 0 Å². The molecule has 5 aliphatic heterocycles. The summed E-state index contributed by atoms with van der Waals surface area (Å²) in [5.74, 6) is -0.794. The molecule has 5 saturated heterocycles. The molecule has 0 aromatic rings. The van der Waals surface area contributed by atoms with Gasteiger partial charge in [0.05, 0.1) is 33.0 Å². The number of nitrogens with one attached hydrogen (secondary N) is 1. The number of ether oxygens (including phenoxy) is 9. The summed E-state index contributed by atoms with van der Waals surface area (Å²) in [5.41, 5.74) is 0. The predicted molar refractivity (Wildman–Crippen MR) is 178 cm³/mol. The highest BCUT2D eigenvalue weighted by atomic mass is 16.8. The Kier molecular flexibility index (Phi) is 17.1. The van der Waals surface area contributed by atoms with Gasteiger partial charge >= 0.3 is 0 Å². The minimum Gasteiger partial charge on any atom is -0.394 e. The average Bonchev–Trinajstić information content (AvgIpc) is 3.21. The van der Waals surface area contributed by atoms with Gasteiger partial charge in [-0.3, -0.25) is 4.79 Å². The van der Waals surface area contributed by atoms with E-state index < -0.39 is 192 Å². The first-order valence-electron chi connectivity index (χ1n) is 18.6. The zero-order valence-electron chi connectivity index (χ0n) is 31.2. The fraction of sp³-hybridized carbons (Fsp3) is 0.969. The monoisotopic (exact) mass is 869 g/mol. The van der Waals surface area contributed by atoms with E-state index in [9.17, 15) is 86.5 Å². The summed E-state index contributed by atoms with van der Waals surface area (Å²) in [4.78, 5) is 12.3. The molecule has 5 fully saturated rings. The minimum atomic E-state index is -2.09. The molecule has 0 aliphatic carbocycles. The van der Waals surface area contributed by atoms with Crippen molar-refractivity contribution in [3.05, 3.63) is 0 Å². The van der Waals surface area contributed by atoms with Gasteiger partial charge in [0.1, 0.15) is 122 Å². The molecule has 0 spiro atoms. The van der Waals surface area contributed by atoms with Crippen molar-refractivity contribution in [1.82, 2.24) is 5.32 Å². The highest BCUT2D eigenvalue weighted by Crippen LogP contribution is 2.35. The third-order valence-corrected chi connectivity index (χ3v) is 10.7. The zero-order chi connectivity index (χ0) is 43.6. The number of amides is 1. The fourth-order valence-electron chi connectivity index (χ4n) is 7.44. The van der Waals surface area contributed by atoms with Gasteiger partial charge in [-0.2, -0.15) is 0 Å². The first-order chi connectivity index (χ1) is 27.9. The van der Waals surface area contributed by atoms with Crippen LogP contribution in [0.5, 0.6) is 0 Å². The number of carbonyl (C=O) groups excluding carboxylic acids is 1. The fourth-order valence-corrected chi connectivity index (χ4v) is 7.44. The third kappa shape index (κ3) is 10.2. The zero-order valence-corrected chi connectivity index (χ0v) is 31.2. The van der Waals surface area contributed by atoms with Crippen LogP contribution in [0.4, 0.5) is 0 Å². The van der Waals surface area contributed by atoms with Crippen molar-refractivity contribution in [3.8, 4) is 0 Å². The number of hydrogen-bond donors (Lipinski definition) is 17. The topological polar surface area (TPSA) is 436 Å². The molecule has 59 heavy (non-hydrogen) atoms. The van der Waals surface area contributed by atoms with Crippen LogP contribution in [0.15, 0.2) is 0 Å². The normalized spacial score (nSPS) is 51.0. The van der Waals surface area contributed by atoms with Crippen molar-refractivity contribution in [2.45, 2.75) is 160 Å². The Labute approximate surface area is 333 Å². The maximum atomic E-state index is 12.3. The van der Waals surface area contributed by atoms with Crippen LogP contribution in [0, 0.1) is 0 Å². The molecule has 27 heteroatoms. The molecule has 27 nitrogen and oxygen atoms in total. The van der Waals surface area contributed by atoms with Gasteiger partial charge in [-0.05, 0) is 0 Å². The lowest BCUT2D eigenvalue weighted by Gasteiger charge is -2.50. The van der Waals surface area contributed by atoms with Crippen molar-refractivity contribution in [2.75, 3.05) is 33.0 Å². The molecule has 0 saturated carbocycles. The smallest absolute Gasteiger partial charge is 0.217 e. The van der Waals surface area contributed by atoms with Crippen LogP contribution in [-0.2, 0) is 47.4 Å². The van der Waals surface area contributed by atoms with Gasteiger partial charge in [0.25, 0.3) is 0 Å². The van der Waals surface area contributed by atoms with Crippen LogP contribution in [0.1, 0.15) is 6.92 Å². The molecule has 344 valence electrons. The number of aliphatic hydroxyl groups is 16. The average molecular weight is 870 g/mol. The van der Waals surface area contributed by atoms with Crippen LogP contribution < -0.4 is 5.32 Å². The number of rotatable bonds is 14. The van der Waals surface area contributed by atoms with Crippen LogP contribution in [0.25, 0.3) is 0 Å². The van der Waals surface area contributed by atoms with Crippen LogP contribution in [-0.4, -0.2) is 274 Å². The van der Waals surface area contributed by atoms with Crippen molar-refractivity contribution in [2.24, 2.45) is 0 Å². The molecule has 1 amide bonds. The SMILES string of the molecule is CC(=O)N[C@H]1[C@H](O[C@@H]2[C@H](O)[C@@H](O)[C@H](O[C@H]3[C@H](O)[C@@H](O)[C@H](O)O[C@@H]3CO)O[C@@H]2CO)O[C@H](CO)[C@@H](O[C@@H]2O[C@H](CO)[C@H](O[C@H]3O[C@H](CO)[C@H](O)[C@H](O)[C@H]3O)[C@H](O)[C@H]2O)[C@@H]1O. The summed E-state index contributed by atoms with van der Waals surface area (Å²) >= 11 is 0. The predicted octanol–water partition coefficient (Wildman–Crippen LogP) is -11.8. The van der Waals surface area contributed by atoms with E-state index in [4.69, 9.17) is 42.6 Å². The standard InChI is InChI=1S/C32H55NO26/c1-7(39)33-13-15(41)24(57-31-23(49)19(45)27(12(6-38)55-31)59-30-21(47)16(42)14(40)8(2-34)52-30)10(4-36)53-29(13)56-26-11(5-37)54-32(22(48)18(26)44)58-25-9(3-35)51-28(50)20(46)17(25)43/h8-32,34-38,40-50H,2-6H2,1H3,(H,33,39)/t8-,9-,10-,11-,12-,13-,14+,15-,16+,17-,18-,19-,20-,21-,22-,23-,24-,25-,26+,27+,28-,29+,30-,31+,32+/m1/s1. The summed E-state index contributed by atoms with van der Waals surface area (Å²) in [6.07, 6.45) is -43.6. The number of aliphatic hydroxyl groups excluding tert-OH is 16. The molecule has 17 N–H and O–H groups in total. The van der Waals surface area contributed by atoms with Crippen molar-refractivity contribution in [1.29, 1.82) is 0 Å². The van der Waals surface area contributed by atoms with Crippen LogP contribution in [0.3, 0.4) is 0 Å². The van der Waals surface area contributed by atoms with Gasteiger partial charge in [0.15, 0.2) is 31.5 Å². The van der Waals surface area contributed by atoms with E-state index >= 15 is 0 Å². The second kappa shape index (κ2) is 20.8. The largest absolute Gasteiger partial charge is 0.394 e. The van der Waals surface area contributed by atoms with E-state index in [1.807, 2.05) is 0 Å².